The van der Waals surface area contributed by atoms with Gasteiger partial charge in [0.1, 0.15) is 0 Å². The van der Waals surface area contributed by atoms with Gasteiger partial charge in [-0.3, -0.25) is 9.59 Å². The van der Waals surface area contributed by atoms with Crippen LogP contribution in [0.2, 0.25) is 0 Å². The Morgan fingerprint density at radius 3 is 2.56 bits per heavy atom. The molecular formula is C10H12N2O3S. The first-order chi connectivity index (χ1) is 7.65. The molecule has 1 heterocycles. The molecule has 1 atom stereocenters. The van der Waals surface area contributed by atoms with Crippen molar-refractivity contribution in [2.75, 3.05) is 6.61 Å². The summed E-state index contributed by atoms with van der Waals surface area (Å²) in [6, 6.07) is 1.66. The van der Waals surface area contributed by atoms with Gasteiger partial charge in [-0.15, -0.1) is 0 Å². The van der Waals surface area contributed by atoms with Crippen LogP contribution in [-0.2, 0) is 14.3 Å². The maximum absolute atomic E-state index is 11.5. The van der Waals surface area contributed by atoms with Crippen LogP contribution in [0.4, 0.5) is 0 Å². The van der Waals surface area contributed by atoms with Crippen LogP contribution >= 0.6 is 11.8 Å². The van der Waals surface area contributed by atoms with Crippen molar-refractivity contribution in [1.29, 1.82) is 0 Å². The lowest BCUT2D eigenvalue weighted by Gasteiger charge is -2.10. The van der Waals surface area contributed by atoms with Crippen molar-refractivity contribution in [2.45, 2.75) is 24.3 Å². The number of ketones is 1. The molecule has 6 heteroatoms. The number of ether oxygens (including phenoxy) is 1. The summed E-state index contributed by atoms with van der Waals surface area (Å²) in [4.78, 5) is 30.6. The van der Waals surface area contributed by atoms with Crippen molar-refractivity contribution < 1.29 is 14.3 Å². The van der Waals surface area contributed by atoms with Gasteiger partial charge in [-0.2, -0.15) is 0 Å². The molecule has 1 aromatic rings. The Kier molecular flexibility index (Phi) is 4.91. The zero-order valence-electron chi connectivity index (χ0n) is 9.04. The molecule has 0 amide bonds. The van der Waals surface area contributed by atoms with Crippen LogP contribution in [0.25, 0.3) is 0 Å². The van der Waals surface area contributed by atoms with Crippen LogP contribution < -0.4 is 0 Å². The molecule has 0 aliphatic carbocycles. The largest absolute Gasteiger partial charge is 0.465 e. The predicted molar refractivity (Wildman–Crippen MR) is 59.0 cm³/mol. The molecule has 5 nitrogen and oxygen atoms in total. The van der Waals surface area contributed by atoms with E-state index in [9.17, 15) is 9.59 Å². The van der Waals surface area contributed by atoms with E-state index in [2.05, 4.69) is 9.97 Å². The zero-order chi connectivity index (χ0) is 12.0. The van der Waals surface area contributed by atoms with Crippen molar-refractivity contribution in [1.82, 2.24) is 9.97 Å². The van der Waals surface area contributed by atoms with Gasteiger partial charge in [-0.25, -0.2) is 9.97 Å². The van der Waals surface area contributed by atoms with Gasteiger partial charge < -0.3 is 4.74 Å². The van der Waals surface area contributed by atoms with Gasteiger partial charge in [-0.05, 0) is 19.9 Å². The van der Waals surface area contributed by atoms with Crippen LogP contribution in [0.3, 0.4) is 0 Å². The molecule has 0 spiro atoms. The fraction of sp³-hybridized carbons (Fsp3) is 0.400. The predicted octanol–water partition coefficient (Wildman–Crippen LogP) is 1.09. The third-order valence-corrected chi connectivity index (χ3v) is 2.82. The third-order valence-electron chi connectivity index (χ3n) is 1.64. The topological polar surface area (TPSA) is 69.2 Å². The number of rotatable bonds is 5. The Bertz CT molecular complexity index is 370. The van der Waals surface area contributed by atoms with E-state index in [1.165, 1.54) is 6.92 Å². The maximum atomic E-state index is 11.5. The lowest BCUT2D eigenvalue weighted by Crippen LogP contribution is -2.27. The first kappa shape index (κ1) is 12.6. The fourth-order valence-electron chi connectivity index (χ4n) is 0.967. The molecule has 0 fully saturated rings. The first-order valence-corrected chi connectivity index (χ1v) is 5.64. The molecule has 86 valence electrons. The molecular weight excluding hydrogens is 228 g/mol. The van der Waals surface area contributed by atoms with Crippen molar-refractivity contribution in [3.8, 4) is 0 Å². The second kappa shape index (κ2) is 6.22. The van der Waals surface area contributed by atoms with Crippen LogP contribution in [0.5, 0.6) is 0 Å². The van der Waals surface area contributed by atoms with Gasteiger partial charge in [0, 0.05) is 12.4 Å². The molecule has 16 heavy (non-hydrogen) atoms. The quantitative estimate of drug-likeness (QED) is 0.332. The average molecular weight is 240 g/mol. The van der Waals surface area contributed by atoms with E-state index in [1.807, 2.05) is 0 Å². The Labute approximate surface area is 97.6 Å². The summed E-state index contributed by atoms with van der Waals surface area (Å²) in [7, 11) is 0. The number of Topliss-reactive ketones (excluding diaryl/α,β-unsaturated/α-hetero) is 1. The highest BCUT2D eigenvalue weighted by molar-refractivity contribution is 8.01. The number of aromatic nitrogens is 2. The van der Waals surface area contributed by atoms with Gasteiger partial charge in [-0.1, -0.05) is 11.8 Å². The number of carbonyl (C=O) groups is 2. The van der Waals surface area contributed by atoms with E-state index in [-0.39, 0.29) is 12.4 Å². The normalized spacial score (nSPS) is 11.9. The van der Waals surface area contributed by atoms with Gasteiger partial charge >= 0.3 is 5.97 Å². The summed E-state index contributed by atoms with van der Waals surface area (Å²) < 4.78 is 4.80. The molecule has 0 aromatic carbocycles. The summed E-state index contributed by atoms with van der Waals surface area (Å²) >= 11 is 0.999. The number of hydrogen-bond acceptors (Lipinski definition) is 6. The molecule has 0 aliphatic heterocycles. The minimum absolute atomic E-state index is 0.249. The van der Waals surface area contributed by atoms with Crippen molar-refractivity contribution >= 4 is 23.5 Å². The monoisotopic (exact) mass is 240 g/mol. The van der Waals surface area contributed by atoms with Crippen LogP contribution in [0.15, 0.2) is 23.6 Å². The van der Waals surface area contributed by atoms with Gasteiger partial charge in [0.2, 0.25) is 0 Å². The smallest absolute Gasteiger partial charge is 0.327 e. The van der Waals surface area contributed by atoms with E-state index >= 15 is 0 Å². The highest BCUT2D eigenvalue weighted by atomic mass is 32.2. The van der Waals surface area contributed by atoms with Crippen molar-refractivity contribution in [3.63, 3.8) is 0 Å². The molecule has 1 aromatic heterocycles. The Hall–Kier alpha value is -1.43. The summed E-state index contributed by atoms with van der Waals surface area (Å²) in [5, 5.41) is -0.502. The standard InChI is InChI=1S/C10H12N2O3S/c1-3-15-9(14)8(7(2)13)16-10-11-5-4-6-12-10/h4-6,8H,3H2,1-2H3. The summed E-state index contributed by atoms with van der Waals surface area (Å²) in [6.45, 7) is 3.29. The fourth-order valence-corrected chi connectivity index (χ4v) is 1.75. The zero-order valence-corrected chi connectivity index (χ0v) is 9.86. The number of carbonyl (C=O) groups excluding carboxylic acids is 2. The van der Waals surface area contributed by atoms with Crippen LogP contribution in [-0.4, -0.2) is 33.6 Å². The molecule has 0 aliphatic rings. The van der Waals surface area contributed by atoms with Crippen LogP contribution in [0, 0.1) is 0 Å². The Morgan fingerprint density at radius 1 is 1.44 bits per heavy atom. The average Bonchev–Trinajstić information content (AvgIpc) is 2.27. The molecule has 0 saturated carbocycles. The lowest BCUT2D eigenvalue weighted by molar-refractivity contribution is -0.144. The van der Waals surface area contributed by atoms with Gasteiger partial charge in [0.25, 0.3) is 0 Å². The highest BCUT2D eigenvalue weighted by Gasteiger charge is 2.26. The highest BCUT2D eigenvalue weighted by Crippen LogP contribution is 2.20. The van der Waals surface area contributed by atoms with E-state index < -0.39 is 11.2 Å². The number of hydrogen-bond donors (Lipinski definition) is 0. The molecule has 1 unspecified atom stereocenters. The van der Waals surface area contributed by atoms with E-state index in [1.54, 1.807) is 25.4 Å². The summed E-state index contributed by atoms with van der Waals surface area (Å²) in [5.41, 5.74) is 0. The van der Waals surface area contributed by atoms with E-state index in [0.29, 0.717) is 5.16 Å². The number of thioether (sulfide) groups is 1. The van der Waals surface area contributed by atoms with E-state index in [0.717, 1.165) is 11.8 Å². The second-order valence-corrected chi connectivity index (χ2v) is 3.96. The molecule has 0 saturated heterocycles. The molecule has 0 N–H and O–H groups in total. The molecule has 0 bridgehead atoms. The van der Waals surface area contributed by atoms with Crippen LogP contribution in [0.1, 0.15) is 13.8 Å². The Balaban J connectivity index is 2.73. The third kappa shape index (κ3) is 3.62. The SMILES string of the molecule is CCOC(=O)C(Sc1ncccn1)C(C)=O. The van der Waals surface area contributed by atoms with Gasteiger partial charge in [0.15, 0.2) is 16.2 Å². The van der Waals surface area contributed by atoms with Crippen molar-refractivity contribution in [3.05, 3.63) is 18.5 Å². The van der Waals surface area contributed by atoms with Gasteiger partial charge in [0.05, 0.1) is 6.61 Å². The van der Waals surface area contributed by atoms with Crippen molar-refractivity contribution in [2.24, 2.45) is 0 Å². The lowest BCUT2D eigenvalue weighted by atomic mass is 10.3. The summed E-state index contributed by atoms with van der Waals surface area (Å²) in [5.74, 6) is -0.816. The minimum Gasteiger partial charge on any atom is -0.465 e. The first-order valence-electron chi connectivity index (χ1n) is 4.76. The molecule has 0 radical (unpaired) electrons. The number of nitrogens with zero attached hydrogens (tertiary/aromatic N) is 2. The Morgan fingerprint density at radius 2 is 2.06 bits per heavy atom. The molecule has 1 rings (SSSR count). The minimum atomic E-state index is -0.887. The summed E-state index contributed by atoms with van der Waals surface area (Å²) in [6.07, 6.45) is 3.11. The van der Waals surface area contributed by atoms with E-state index in [4.69, 9.17) is 4.74 Å². The maximum Gasteiger partial charge on any atom is 0.327 e. The number of esters is 1. The second-order valence-electron chi connectivity index (χ2n) is 2.89.